The van der Waals surface area contributed by atoms with E-state index < -0.39 is 0 Å². The van der Waals surface area contributed by atoms with Crippen molar-refractivity contribution in [1.82, 2.24) is 5.32 Å². The summed E-state index contributed by atoms with van der Waals surface area (Å²) in [5.41, 5.74) is 6.91. The van der Waals surface area contributed by atoms with E-state index in [-0.39, 0.29) is 11.9 Å². The number of nitrogen functional groups attached to an aromatic ring is 1. The molecule has 1 aromatic carbocycles. The van der Waals surface area contributed by atoms with Crippen LogP contribution in [0.4, 0.5) is 5.69 Å². The number of carbonyl (C=O) groups excluding carboxylic acids is 1. The quantitative estimate of drug-likeness (QED) is 0.834. The van der Waals surface area contributed by atoms with Crippen LogP contribution in [-0.4, -0.2) is 19.1 Å². The molecule has 20 heavy (non-hydrogen) atoms. The van der Waals surface area contributed by atoms with Crippen LogP contribution in [0.5, 0.6) is 5.75 Å². The first-order chi connectivity index (χ1) is 9.52. The Morgan fingerprint density at radius 2 is 2.10 bits per heavy atom. The first-order valence-corrected chi connectivity index (χ1v) is 7.27. The summed E-state index contributed by atoms with van der Waals surface area (Å²) < 4.78 is 5.10. The van der Waals surface area contributed by atoms with Gasteiger partial charge in [-0.1, -0.05) is 26.7 Å². The van der Waals surface area contributed by atoms with Crippen molar-refractivity contribution in [3.05, 3.63) is 23.8 Å². The zero-order chi connectivity index (χ0) is 14.7. The molecule has 1 aromatic rings. The highest BCUT2D eigenvalue weighted by Crippen LogP contribution is 2.30. The van der Waals surface area contributed by atoms with Gasteiger partial charge in [0.15, 0.2) is 0 Å². The summed E-state index contributed by atoms with van der Waals surface area (Å²) in [5.74, 6) is 1.74. The largest absolute Gasteiger partial charge is 0.497 e. The van der Waals surface area contributed by atoms with Gasteiger partial charge in [0.05, 0.1) is 12.7 Å². The zero-order valence-corrected chi connectivity index (χ0v) is 12.5. The maximum Gasteiger partial charge on any atom is 0.253 e. The lowest BCUT2D eigenvalue weighted by molar-refractivity contribution is 0.0892. The first kappa shape index (κ1) is 14.7. The Kier molecular flexibility index (Phi) is 4.53. The Morgan fingerprint density at radius 1 is 1.35 bits per heavy atom. The van der Waals surface area contributed by atoms with Crippen LogP contribution >= 0.6 is 0 Å². The molecule has 3 atom stereocenters. The molecule has 4 heteroatoms. The number of nitrogens with one attached hydrogen (secondary N) is 1. The van der Waals surface area contributed by atoms with Crippen LogP contribution in [-0.2, 0) is 0 Å². The standard InChI is InChI=1S/C16H24N2O2/c1-10-5-4-6-15(11(10)2)18-16(19)13-8-7-12(20-3)9-14(13)17/h7-11,15H,4-6,17H2,1-3H3,(H,18,19). The molecular formula is C16H24N2O2. The van der Waals surface area contributed by atoms with Crippen molar-refractivity contribution < 1.29 is 9.53 Å². The monoisotopic (exact) mass is 276 g/mol. The fourth-order valence-electron chi connectivity index (χ4n) is 2.91. The normalized spacial score (nSPS) is 26.1. The second-order valence-corrected chi connectivity index (χ2v) is 5.80. The highest BCUT2D eigenvalue weighted by molar-refractivity contribution is 5.99. The summed E-state index contributed by atoms with van der Waals surface area (Å²) in [6.07, 6.45) is 3.47. The van der Waals surface area contributed by atoms with Gasteiger partial charge < -0.3 is 15.8 Å². The Morgan fingerprint density at radius 3 is 2.75 bits per heavy atom. The summed E-state index contributed by atoms with van der Waals surface area (Å²) >= 11 is 0. The van der Waals surface area contributed by atoms with Crippen molar-refractivity contribution in [2.24, 2.45) is 11.8 Å². The minimum Gasteiger partial charge on any atom is -0.497 e. The summed E-state index contributed by atoms with van der Waals surface area (Å²) in [5, 5.41) is 3.13. The first-order valence-electron chi connectivity index (χ1n) is 7.27. The third kappa shape index (κ3) is 3.06. The van der Waals surface area contributed by atoms with Gasteiger partial charge >= 0.3 is 0 Å². The van der Waals surface area contributed by atoms with Gasteiger partial charge in [0, 0.05) is 17.8 Å². The molecule has 0 spiro atoms. The van der Waals surface area contributed by atoms with Gasteiger partial charge in [-0.3, -0.25) is 4.79 Å². The number of amides is 1. The lowest BCUT2D eigenvalue weighted by Crippen LogP contribution is -2.43. The molecule has 4 nitrogen and oxygen atoms in total. The number of ether oxygens (including phenoxy) is 1. The molecule has 0 bridgehead atoms. The molecule has 1 fully saturated rings. The molecule has 1 aliphatic rings. The number of rotatable bonds is 3. The van der Waals surface area contributed by atoms with E-state index in [0.29, 0.717) is 28.8 Å². The predicted octanol–water partition coefficient (Wildman–Crippen LogP) is 2.83. The molecule has 2 rings (SSSR count). The predicted molar refractivity (Wildman–Crippen MR) is 80.8 cm³/mol. The summed E-state index contributed by atoms with van der Waals surface area (Å²) in [6, 6.07) is 5.41. The van der Waals surface area contributed by atoms with Gasteiger partial charge in [0.2, 0.25) is 0 Å². The minimum atomic E-state index is -0.0869. The molecule has 0 aromatic heterocycles. The van der Waals surface area contributed by atoms with Crippen LogP contribution in [0.1, 0.15) is 43.5 Å². The molecule has 3 N–H and O–H groups in total. The minimum absolute atomic E-state index is 0.0869. The van der Waals surface area contributed by atoms with E-state index in [2.05, 4.69) is 19.2 Å². The highest BCUT2D eigenvalue weighted by Gasteiger charge is 2.28. The molecule has 1 saturated carbocycles. The second-order valence-electron chi connectivity index (χ2n) is 5.80. The number of hydrogen-bond donors (Lipinski definition) is 2. The van der Waals surface area contributed by atoms with Gasteiger partial charge in [0.25, 0.3) is 5.91 Å². The van der Waals surface area contributed by atoms with E-state index in [1.165, 1.54) is 12.8 Å². The van der Waals surface area contributed by atoms with Gasteiger partial charge in [-0.2, -0.15) is 0 Å². The lowest BCUT2D eigenvalue weighted by atomic mass is 9.78. The maximum absolute atomic E-state index is 12.4. The smallest absolute Gasteiger partial charge is 0.253 e. The van der Waals surface area contributed by atoms with Crippen molar-refractivity contribution in [2.45, 2.75) is 39.2 Å². The molecule has 0 saturated heterocycles. The molecule has 110 valence electrons. The summed E-state index contributed by atoms with van der Waals surface area (Å²) in [6.45, 7) is 4.47. The van der Waals surface area contributed by atoms with Crippen LogP contribution in [0.25, 0.3) is 0 Å². The van der Waals surface area contributed by atoms with Crippen molar-refractivity contribution in [3.63, 3.8) is 0 Å². The van der Waals surface area contributed by atoms with Crippen molar-refractivity contribution in [2.75, 3.05) is 12.8 Å². The summed E-state index contributed by atoms with van der Waals surface area (Å²) in [7, 11) is 1.58. The number of anilines is 1. The van der Waals surface area contributed by atoms with Crippen molar-refractivity contribution in [1.29, 1.82) is 0 Å². The number of hydrogen-bond acceptors (Lipinski definition) is 3. The van der Waals surface area contributed by atoms with Gasteiger partial charge in [0.1, 0.15) is 5.75 Å². The van der Waals surface area contributed by atoms with E-state index in [9.17, 15) is 4.79 Å². The average Bonchev–Trinajstić information content (AvgIpc) is 2.43. The molecule has 0 radical (unpaired) electrons. The van der Waals surface area contributed by atoms with E-state index in [4.69, 9.17) is 10.5 Å². The Bertz CT molecular complexity index is 487. The molecule has 1 amide bonds. The van der Waals surface area contributed by atoms with E-state index in [1.807, 2.05) is 0 Å². The van der Waals surface area contributed by atoms with Crippen LogP contribution in [0.2, 0.25) is 0 Å². The number of carbonyl (C=O) groups is 1. The molecule has 1 aliphatic carbocycles. The SMILES string of the molecule is COc1ccc(C(=O)NC2CCCC(C)C2C)c(N)c1. The maximum atomic E-state index is 12.4. The second kappa shape index (κ2) is 6.16. The Hall–Kier alpha value is -1.71. The topological polar surface area (TPSA) is 64.3 Å². The van der Waals surface area contributed by atoms with Gasteiger partial charge in [-0.15, -0.1) is 0 Å². The number of methoxy groups -OCH3 is 1. The van der Waals surface area contributed by atoms with Crippen LogP contribution in [0.3, 0.4) is 0 Å². The van der Waals surface area contributed by atoms with Crippen molar-refractivity contribution >= 4 is 11.6 Å². The third-order valence-corrected chi connectivity index (χ3v) is 4.53. The van der Waals surface area contributed by atoms with Crippen LogP contribution in [0.15, 0.2) is 18.2 Å². The molecule has 3 unspecified atom stereocenters. The van der Waals surface area contributed by atoms with Crippen LogP contribution < -0.4 is 15.8 Å². The average molecular weight is 276 g/mol. The fraction of sp³-hybridized carbons (Fsp3) is 0.562. The number of nitrogens with two attached hydrogens (primary N) is 1. The number of benzene rings is 1. The highest BCUT2D eigenvalue weighted by atomic mass is 16.5. The fourth-order valence-corrected chi connectivity index (χ4v) is 2.91. The third-order valence-electron chi connectivity index (χ3n) is 4.53. The van der Waals surface area contributed by atoms with E-state index in [1.54, 1.807) is 25.3 Å². The zero-order valence-electron chi connectivity index (χ0n) is 12.5. The van der Waals surface area contributed by atoms with Gasteiger partial charge in [-0.25, -0.2) is 0 Å². The van der Waals surface area contributed by atoms with E-state index >= 15 is 0 Å². The molecule has 0 aliphatic heterocycles. The lowest BCUT2D eigenvalue weighted by Gasteiger charge is -2.34. The Labute approximate surface area is 120 Å². The Balaban J connectivity index is 2.08. The molecule has 0 heterocycles. The summed E-state index contributed by atoms with van der Waals surface area (Å²) in [4.78, 5) is 12.4. The van der Waals surface area contributed by atoms with E-state index in [0.717, 1.165) is 6.42 Å². The molecular weight excluding hydrogens is 252 g/mol. The van der Waals surface area contributed by atoms with Crippen molar-refractivity contribution in [3.8, 4) is 5.75 Å². The van der Waals surface area contributed by atoms with Gasteiger partial charge in [-0.05, 0) is 30.4 Å². The van der Waals surface area contributed by atoms with Crippen LogP contribution in [0, 0.1) is 11.8 Å².